The zero-order valence-electron chi connectivity index (χ0n) is 13.4. The second kappa shape index (κ2) is 6.95. The molecule has 1 aliphatic carbocycles. The minimum absolute atomic E-state index is 0.0563. The van der Waals surface area contributed by atoms with Crippen LogP contribution in [-0.4, -0.2) is 42.1 Å². The number of carbonyl (C=O) groups excluding carboxylic acids is 3. The lowest BCUT2D eigenvalue weighted by atomic mass is 10.1. The van der Waals surface area contributed by atoms with Gasteiger partial charge in [0.25, 0.3) is 0 Å². The highest BCUT2D eigenvalue weighted by molar-refractivity contribution is 5.92. The molecule has 6 N–H and O–H groups in total. The number of hydrogen-bond donors (Lipinski definition) is 4. The fourth-order valence-electron chi connectivity index (χ4n) is 2.17. The maximum atomic E-state index is 11.8. The topological polar surface area (TPSA) is 137 Å². The Kier molecular flexibility index (Phi) is 5.76. The molecular formula is C14H26N4O4. The third kappa shape index (κ3) is 5.88. The molecule has 1 aliphatic rings. The van der Waals surface area contributed by atoms with Gasteiger partial charge in [-0.05, 0) is 46.0 Å². The van der Waals surface area contributed by atoms with Crippen molar-refractivity contribution in [3.05, 3.63) is 0 Å². The number of amides is 3. The lowest BCUT2D eigenvalue weighted by Crippen LogP contribution is -2.47. The first-order chi connectivity index (χ1) is 10.0. The molecule has 0 aromatic rings. The normalized spacial score (nSPS) is 23.5. The van der Waals surface area contributed by atoms with Crippen molar-refractivity contribution in [2.75, 3.05) is 13.1 Å². The van der Waals surface area contributed by atoms with Crippen molar-refractivity contribution in [3.63, 3.8) is 0 Å². The lowest BCUT2D eigenvalue weighted by Gasteiger charge is -2.19. The highest BCUT2D eigenvalue weighted by Gasteiger charge is 2.56. The van der Waals surface area contributed by atoms with Gasteiger partial charge >= 0.3 is 6.09 Å². The van der Waals surface area contributed by atoms with Crippen LogP contribution in [0.4, 0.5) is 4.79 Å². The Morgan fingerprint density at radius 2 is 1.91 bits per heavy atom. The number of ether oxygens (including phenoxy) is 1. The van der Waals surface area contributed by atoms with E-state index in [1.54, 1.807) is 20.8 Å². The molecule has 0 aromatic carbocycles. The molecule has 8 heteroatoms. The monoisotopic (exact) mass is 314 g/mol. The summed E-state index contributed by atoms with van der Waals surface area (Å²) in [6, 6.07) is 0. The molecule has 126 valence electrons. The minimum atomic E-state index is -0.915. The summed E-state index contributed by atoms with van der Waals surface area (Å²) < 4.78 is 5.11. The van der Waals surface area contributed by atoms with E-state index in [0.29, 0.717) is 19.4 Å². The van der Waals surface area contributed by atoms with Gasteiger partial charge in [-0.1, -0.05) is 0 Å². The first-order valence-electron chi connectivity index (χ1n) is 7.37. The molecule has 22 heavy (non-hydrogen) atoms. The van der Waals surface area contributed by atoms with Crippen molar-refractivity contribution >= 4 is 17.9 Å². The zero-order valence-corrected chi connectivity index (χ0v) is 13.4. The third-order valence-corrected chi connectivity index (χ3v) is 3.40. The van der Waals surface area contributed by atoms with Crippen LogP contribution in [0.25, 0.3) is 0 Å². The van der Waals surface area contributed by atoms with E-state index >= 15 is 0 Å². The Morgan fingerprint density at radius 3 is 2.45 bits per heavy atom. The predicted molar refractivity (Wildman–Crippen MR) is 80.7 cm³/mol. The van der Waals surface area contributed by atoms with Crippen molar-refractivity contribution in [2.45, 2.75) is 51.2 Å². The van der Waals surface area contributed by atoms with Crippen molar-refractivity contribution < 1.29 is 19.1 Å². The summed E-state index contributed by atoms with van der Waals surface area (Å²) in [4.78, 5) is 33.9. The zero-order chi connectivity index (χ0) is 17.0. The molecule has 0 aromatic heterocycles. The smallest absolute Gasteiger partial charge is 0.407 e. The molecule has 1 fully saturated rings. The van der Waals surface area contributed by atoms with Crippen LogP contribution in [0, 0.1) is 5.92 Å². The van der Waals surface area contributed by atoms with Gasteiger partial charge in [-0.2, -0.15) is 0 Å². The highest BCUT2D eigenvalue weighted by Crippen LogP contribution is 2.44. The molecule has 1 rings (SSSR count). The Bertz CT molecular complexity index is 447. The van der Waals surface area contributed by atoms with E-state index in [1.165, 1.54) is 0 Å². The van der Waals surface area contributed by atoms with Gasteiger partial charge < -0.3 is 26.8 Å². The number of nitrogens with one attached hydrogen (secondary N) is 2. The van der Waals surface area contributed by atoms with Gasteiger partial charge in [0.2, 0.25) is 11.8 Å². The second-order valence-corrected chi connectivity index (χ2v) is 6.66. The van der Waals surface area contributed by atoms with E-state index in [4.69, 9.17) is 16.2 Å². The molecule has 0 radical (unpaired) electrons. The summed E-state index contributed by atoms with van der Waals surface area (Å²) >= 11 is 0. The number of rotatable bonds is 7. The van der Waals surface area contributed by atoms with Crippen LogP contribution in [0.2, 0.25) is 0 Å². The molecule has 0 bridgehead atoms. The van der Waals surface area contributed by atoms with Crippen LogP contribution >= 0.6 is 0 Å². The van der Waals surface area contributed by atoms with Crippen molar-refractivity contribution in [1.29, 1.82) is 0 Å². The Balaban J connectivity index is 2.18. The average molecular weight is 314 g/mol. The molecule has 8 nitrogen and oxygen atoms in total. The standard InChI is InChI=1S/C14H26N4O4/c1-13(2,3)22-12(21)17-6-4-5-9-7-14(9,16)11(20)18-8-10(15)19/h9H,4-8,16H2,1-3H3,(H2,15,19)(H,17,21)(H,18,20). The lowest BCUT2D eigenvalue weighted by molar-refractivity contribution is -0.126. The molecule has 2 unspecified atom stereocenters. The maximum absolute atomic E-state index is 11.8. The van der Waals surface area contributed by atoms with Crippen LogP contribution in [0.5, 0.6) is 0 Å². The van der Waals surface area contributed by atoms with Crippen molar-refractivity contribution in [2.24, 2.45) is 17.4 Å². The van der Waals surface area contributed by atoms with E-state index in [0.717, 1.165) is 6.42 Å². The van der Waals surface area contributed by atoms with Gasteiger partial charge in [-0.25, -0.2) is 4.79 Å². The quantitative estimate of drug-likeness (QED) is 0.474. The van der Waals surface area contributed by atoms with Crippen LogP contribution in [0.3, 0.4) is 0 Å². The first-order valence-corrected chi connectivity index (χ1v) is 7.37. The summed E-state index contributed by atoms with van der Waals surface area (Å²) in [6.07, 6.45) is 1.54. The molecule has 0 spiro atoms. The second-order valence-electron chi connectivity index (χ2n) is 6.66. The molecule has 1 saturated carbocycles. The Labute approximate surface area is 130 Å². The van der Waals surface area contributed by atoms with Crippen LogP contribution in [0.15, 0.2) is 0 Å². The van der Waals surface area contributed by atoms with E-state index < -0.39 is 23.1 Å². The summed E-state index contributed by atoms with van der Waals surface area (Å²) in [7, 11) is 0. The van der Waals surface area contributed by atoms with E-state index in [9.17, 15) is 14.4 Å². The molecule has 2 atom stereocenters. The van der Waals surface area contributed by atoms with Crippen molar-refractivity contribution in [3.8, 4) is 0 Å². The minimum Gasteiger partial charge on any atom is -0.444 e. The van der Waals surface area contributed by atoms with Gasteiger partial charge in [0.05, 0.1) is 12.1 Å². The molecule has 0 heterocycles. The summed E-state index contributed by atoms with van der Waals surface area (Å²) in [5.74, 6) is -0.895. The van der Waals surface area contributed by atoms with Crippen LogP contribution in [-0.2, 0) is 14.3 Å². The average Bonchev–Trinajstić information content (AvgIpc) is 3.02. The van der Waals surface area contributed by atoms with Crippen LogP contribution < -0.4 is 22.1 Å². The van der Waals surface area contributed by atoms with E-state index in [2.05, 4.69) is 10.6 Å². The number of carbonyl (C=O) groups is 3. The number of alkyl carbamates (subject to hydrolysis) is 1. The van der Waals surface area contributed by atoms with Crippen LogP contribution in [0.1, 0.15) is 40.0 Å². The van der Waals surface area contributed by atoms with E-state index in [-0.39, 0.29) is 18.4 Å². The Morgan fingerprint density at radius 1 is 1.27 bits per heavy atom. The molecular weight excluding hydrogens is 288 g/mol. The summed E-state index contributed by atoms with van der Waals surface area (Å²) in [5.41, 5.74) is 9.49. The van der Waals surface area contributed by atoms with Crippen molar-refractivity contribution in [1.82, 2.24) is 10.6 Å². The third-order valence-electron chi connectivity index (χ3n) is 3.40. The first kappa shape index (κ1) is 18.2. The molecule has 0 aliphatic heterocycles. The number of primary amides is 1. The van der Waals surface area contributed by atoms with E-state index in [1.807, 2.05) is 0 Å². The fraction of sp³-hybridized carbons (Fsp3) is 0.786. The maximum Gasteiger partial charge on any atom is 0.407 e. The van der Waals surface area contributed by atoms with Gasteiger partial charge in [0.1, 0.15) is 5.60 Å². The van der Waals surface area contributed by atoms with Gasteiger partial charge in [0.15, 0.2) is 0 Å². The fourth-order valence-corrected chi connectivity index (χ4v) is 2.17. The number of nitrogens with two attached hydrogens (primary N) is 2. The van der Waals surface area contributed by atoms with Gasteiger partial charge in [-0.3, -0.25) is 9.59 Å². The number of hydrogen-bond acceptors (Lipinski definition) is 5. The summed E-state index contributed by atoms with van der Waals surface area (Å²) in [5, 5.41) is 5.08. The SMILES string of the molecule is CC(C)(C)OC(=O)NCCCC1CC1(N)C(=O)NCC(N)=O. The molecule has 3 amide bonds. The van der Waals surface area contributed by atoms with Gasteiger partial charge in [-0.15, -0.1) is 0 Å². The highest BCUT2D eigenvalue weighted by atomic mass is 16.6. The van der Waals surface area contributed by atoms with Gasteiger partial charge in [0, 0.05) is 6.54 Å². The Hall–Kier alpha value is -1.83. The predicted octanol–water partition coefficient (Wildman–Crippen LogP) is -0.390. The molecule has 0 saturated heterocycles. The largest absolute Gasteiger partial charge is 0.444 e. The summed E-state index contributed by atoms with van der Waals surface area (Å²) in [6.45, 7) is 5.65.